The summed E-state index contributed by atoms with van der Waals surface area (Å²) < 4.78 is 0. The van der Waals surface area contributed by atoms with E-state index in [9.17, 15) is 9.59 Å². The van der Waals surface area contributed by atoms with Gasteiger partial charge in [0, 0.05) is 25.7 Å². The number of amides is 3. The predicted molar refractivity (Wildman–Crippen MR) is 86.8 cm³/mol. The Labute approximate surface area is 133 Å². The Morgan fingerprint density at radius 1 is 1.27 bits per heavy atom. The highest BCUT2D eigenvalue weighted by Crippen LogP contribution is 2.18. The highest BCUT2D eigenvalue weighted by molar-refractivity contribution is 7.13. The number of benzene rings is 1. The third kappa shape index (κ3) is 4.56. The number of carbonyl (C=O) groups excluding carboxylic acids is 2. The van der Waals surface area contributed by atoms with Gasteiger partial charge in [0.05, 0.1) is 12.5 Å². The Hall–Kier alpha value is -2.41. The average Bonchev–Trinajstić information content (AvgIpc) is 3.00. The minimum absolute atomic E-state index is 0.0524. The minimum Gasteiger partial charge on any atom is -0.349 e. The summed E-state index contributed by atoms with van der Waals surface area (Å²) in [4.78, 5) is 29.5. The van der Waals surface area contributed by atoms with Crippen molar-refractivity contribution in [3.63, 3.8) is 0 Å². The van der Waals surface area contributed by atoms with Crippen LogP contribution in [-0.2, 0) is 4.79 Å². The molecule has 0 aliphatic carbocycles. The fraction of sp³-hybridized carbons (Fsp3) is 0.267. The van der Waals surface area contributed by atoms with E-state index in [-0.39, 0.29) is 18.4 Å². The van der Waals surface area contributed by atoms with Gasteiger partial charge in [-0.1, -0.05) is 30.3 Å². The van der Waals surface area contributed by atoms with Crippen LogP contribution >= 0.6 is 11.3 Å². The van der Waals surface area contributed by atoms with Crippen molar-refractivity contribution in [2.75, 3.05) is 19.4 Å². The van der Waals surface area contributed by atoms with E-state index in [1.54, 1.807) is 25.7 Å². The number of hydrogen-bond donors (Lipinski definition) is 2. The molecule has 2 N–H and O–H groups in total. The van der Waals surface area contributed by atoms with Crippen LogP contribution < -0.4 is 10.6 Å². The molecular weight excluding hydrogens is 300 g/mol. The van der Waals surface area contributed by atoms with Crippen LogP contribution in [0.4, 0.5) is 9.93 Å². The summed E-state index contributed by atoms with van der Waals surface area (Å²) >= 11 is 1.33. The van der Waals surface area contributed by atoms with Gasteiger partial charge in [0.2, 0.25) is 5.91 Å². The summed E-state index contributed by atoms with van der Waals surface area (Å²) in [6, 6.07) is 8.65. The number of hydrogen-bond acceptors (Lipinski definition) is 4. The van der Waals surface area contributed by atoms with Crippen molar-refractivity contribution < 1.29 is 9.59 Å². The molecule has 2 rings (SSSR count). The second-order valence-corrected chi connectivity index (χ2v) is 5.79. The molecule has 0 aliphatic heterocycles. The van der Waals surface area contributed by atoms with E-state index in [2.05, 4.69) is 15.6 Å². The lowest BCUT2D eigenvalue weighted by Crippen LogP contribution is -2.35. The SMILES string of the molecule is CN(C)C(=O)CC(NC(=O)Nc1nccs1)c1ccccc1. The van der Waals surface area contributed by atoms with Crippen molar-refractivity contribution in [1.29, 1.82) is 0 Å². The Bertz CT molecular complexity index is 614. The summed E-state index contributed by atoms with van der Waals surface area (Å²) in [6.07, 6.45) is 1.81. The first kappa shape index (κ1) is 16.0. The lowest BCUT2D eigenvalue weighted by atomic mass is 10.0. The highest BCUT2D eigenvalue weighted by Gasteiger charge is 2.19. The summed E-state index contributed by atoms with van der Waals surface area (Å²) in [5, 5.41) is 7.78. The van der Waals surface area contributed by atoms with Gasteiger partial charge in [-0.05, 0) is 5.56 Å². The number of nitrogens with one attached hydrogen (secondary N) is 2. The van der Waals surface area contributed by atoms with Crippen molar-refractivity contribution in [3.8, 4) is 0 Å². The molecular formula is C15H18N4O2S. The zero-order valence-electron chi connectivity index (χ0n) is 12.4. The monoisotopic (exact) mass is 318 g/mol. The summed E-state index contributed by atoms with van der Waals surface area (Å²) in [7, 11) is 3.39. The van der Waals surface area contributed by atoms with Crippen LogP contribution in [0.1, 0.15) is 18.0 Å². The molecule has 0 saturated carbocycles. The lowest BCUT2D eigenvalue weighted by Gasteiger charge is -2.20. The van der Waals surface area contributed by atoms with Crippen molar-refractivity contribution in [3.05, 3.63) is 47.5 Å². The van der Waals surface area contributed by atoms with E-state index >= 15 is 0 Å². The minimum atomic E-state index is -0.393. The van der Waals surface area contributed by atoms with Gasteiger partial charge in [0.1, 0.15) is 0 Å². The number of urea groups is 1. The van der Waals surface area contributed by atoms with Crippen LogP contribution in [0, 0.1) is 0 Å². The number of thiazole rings is 1. The Kier molecular flexibility index (Phi) is 5.48. The molecule has 1 aromatic carbocycles. The van der Waals surface area contributed by atoms with E-state index in [1.165, 1.54) is 16.2 Å². The third-order valence-electron chi connectivity index (χ3n) is 3.04. The number of carbonyl (C=O) groups is 2. The van der Waals surface area contributed by atoms with Crippen LogP contribution in [0.2, 0.25) is 0 Å². The van der Waals surface area contributed by atoms with Crippen LogP contribution in [0.5, 0.6) is 0 Å². The van der Waals surface area contributed by atoms with Gasteiger partial charge < -0.3 is 10.2 Å². The second-order valence-electron chi connectivity index (χ2n) is 4.89. The molecule has 1 unspecified atom stereocenters. The molecule has 116 valence electrons. The predicted octanol–water partition coefficient (Wildman–Crippen LogP) is 2.48. The molecule has 1 aromatic heterocycles. The summed E-state index contributed by atoms with van der Waals surface area (Å²) in [6.45, 7) is 0. The van der Waals surface area contributed by atoms with E-state index in [0.29, 0.717) is 5.13 Å². The molecule has 2 aromatic rings. The number of rotatable bonds is 5. The highest BCUT2D eigenvalue weighted by atomic mass is 32.1. The first-order valence-electron chi connectivity index (χ1n) is 6.78. The van der Waals surface area contributed by atoms with E-state index < -0.39 is 6.04 Å². The smallest absolute Gasteiger partial charge is 0.321 e. The van der Waals surface area contributed by atoms with Crippen LogP contribution in [0.15, 0.2) is 41.9 Å². The molecule has 6 nitrogen and oxygen atoms in total. The zero-order chi connectivity index (χ0) is 15.9. The third-order valence-corrected chi connectivity index (χ3v) is 3.73. The van der Waals surface area contributed by atoms with Crippen molar-refractivity contribution in [2.45, 2.75) is 12.5 Å². The van der Waals surface area contributed by atoms with Crippen LogP contribution in [0.3, 0.4) is 0 Å². The molecule has 1 heterocycles. The Morgan fingerprint density at radius 3 is 2.59 bits per heavy atom. The largest absolute Gasteiger partial charge is 0.349 e. The van der Waals surface area contributed by atoms with Crippen molar-refractivity contribution in [2.24, 2.45) is 0 Å². The molecule has 0 fully saturated rings. The van der Waals surface area contributed by atoms with E-state index in [1.807, 2.05) is 30.3 Å². The van der Waals surface area contributed by atoms with Gasteiger partial charge in [-0.25, -0.2) is 9.78 Å². The van der Waals surface area contributed by atoms with Crippen molar-refractivity contribution in [1.82, 2.24) is 15.2 Å². The van der Waals surface area contributed by atoms with Gasteiger partial charge in [-0.15, -0.1) is 11.3 Å². The van der Waals surface area contributed by atoms with E-state index in [0.717, 1.165) is 5.56 Å². The molecule has 0 aliphatic rings. The van der Waals surface area contributed by atoms with Gasteiger partial charge in [0.15, 0.2) is 5.13 Å². The van der Waals surface area contributed by atoms with Gasteiger partial charge >= 0.3 is 6.03 Å². The lowest BCUT2D eigenvalue weighted by molar-refractivity contribution is -0.129. The molecule has 0 saturated heterocycles. The van der Waals surface area contributed by atoms with E-state index in [4.69, 9.17) is 0 Å². The summed E-state index contributed by atoms with van der Waals surface area (Å²) in [5.41, 5.74) is 0.881. The fourth-order valence-corrected chi connectivity index (χ4v) is 2.40. The summed E-state index contributed by atoms with van der Waals surface area (Å²) in [5.74, 6) is -0.0524. The first-order chi connectivity index (χ1) is 10.6. The number of anilines is 1. The van der Waals surface area contributed by atoms with Gasteiger partial charge in [0.25, 0.3) is 0 Å². The van der Waals surface area contributed by atoms with Gasteiger partial charge in [-0.3, -0.25) is 10.1 Å². The van der Waals surface area contributed by atoms with Crippen LogP contribution in [-0.4, -0.2) is 35.9 Å². The zero-order valence-corrected chi connectivity index (χ0v) is 13.3. The molecule has 0 bridgehead atoms. The molecule has 7 heteroatoms. The molecule has 3 amide bonds. The normalized spacial score (nSPS) is 11.5. The Morgan fingerprint density at radius 2 is 2.00 bits per heavy atom. The standard InChI is InChI=1S/C15H18N4O2S/c1-19(2)13(20)10-12(11-6-4-3-5-7-11)17-14(21)18-15-16-8-9-22-15/h3-9,12H,10H2,1-2H3,(H2,16,17,18,21). The maximum Gasteiger partial charge on any atom is 0.321 e. The molecule has 0 spiro atoms. The maximum absolute atomic E-state index is 12.1. The first-order valence-corrected chi connectivity index (χ1v) is 7.66. The van der Waals surface area contributed by atoms with Crippen LogP contribution in [0.25, 0.3) is 0 Å². The molecule has 22 heavy (non-hydrogen) atoms. The van der Waals surface area contributed by atoms with Crippen molar-refractivity contribution >= 4 is 28.4 Å². The van der Waals surface area contributed by atoms with Gasteiger partial charge in [-0.2, -0.15) is 0 Å². The average molecular weight is 318 g/mol. The second kappa shape index (κ2) is 7.56. The molecule has 1 atom stereocenters. The maximum atomic E-state index is 12.1. The number of aromatic nitrogens is 1. The number of nitrogens with zero attached hydrogens (tertiary/aromatic N) is 2. The quantitative estimate of drug-likeness (QED) is 0.889. The topological polar surface area (TPSA) is 74.3 Å². The molecule has 0 radical (unpaired) electrons. The fourth-order valence-electron chi connectivity index (χ4n) is 1.87. The Balaban J connectivity index is 2.07.